The topological polar surface area (TPSA) is 117 Å². The molecule has 1 aromatic heterocycles. The van der Waals surface area contributed by atoms with Crippen LogP contribution in [0.3, 0.4) is 0 Å². The number of thioether (sulfide) groups is 1. The second-order valence-electron chi connectivity index (χ2n) is 6.72. The molecule has 10 heteroatoms. The number of amides is 2. The fourth-order valence-corrected chi connectivity index (χ4v) is 3.70. The summed E-state index contributed by atoms with van der Waals surface area (Å²) < 4.78 is 0. The number of nitrogens with one attached hydrogen (secondary N) is 3. The van der Waals surface area contributed by atoms with Crippen molar-refractivity contribution in [2.75, 3.05) is 10.6 Å². The summed E-state index contributed by atoms with van der Waals surface area (Å²) in [5.41, 5.74) is 1.85. The first-order valence-electron chi connectivity index (χ1n) is 9.33. The SMILES string of the molecule is CC(=O)Nc1c(C)cccc1-c1nnc(S[C@@H](C)C(=O)Nc2ccccc2Cl)[nH]c1=O. The Hall–Kier alpha value is -3.17. The van der Waals surface area contributed by atoms with Crippen LogP contribution in [0.1, 0.15) is 19.4 Å². The number of hydrogen-bond donors (Lipinski definition) is 3. The third-order valence-electron chi connectivity index (χ3n) is 4.29. The Balaban J connectivity index is 1.80. The van der Waals surface area contributed by atoms with E-state index >= 15 is 0 Å². The molecule has 3 N–H and O–H groups in total. The minimum absolute atomic E-state index is 0.0740. The van der Waals surface area contributed by atoms with Crippen molar-refractivity contribution in [1.29, 1.82) is 0 Å². The molecule has 31 heavy (non-hydrogen) atoms. The molecule has 8 nitrogen and oxygen atoms in total. The van der Waals surface area contributed by atoms with Gasteiger partial charge >= 0.3 is 0 Å². The molecular formula is C21H20ClN5O3S. The summed E-state index contributed by atoms with van der Waals surface area (Å²) in [6, 6.07) is 12.2. The number of aromatic amines is 1. The van der Waals surface area contributed by atoms with Gasteiger partial charge in [0.2, 0.25) is 11.8 Å². The van der Waals surface area contributed by atoms with Crippen LogP contribution in [0.15, 0.2) is 52.4 Å². The molecule has 0 fully saturated rings. The van der Waals surface area contributed by atoms with E-state index in [0.717, 1.165) is 17.3 Å². The van der Waals surface area contributed by atoms with Gasteiger partial charge in [0.25, 0.3) is 5.56 Å². The molecule has 3 rings (SSSR count). The Morgan fingerprint density at radius 1 is 1.10 bits per heavy atom. The van der Waals surface area contributed by atoms with E-state index < -0.39 is 10.8 Å². The van der Waals surface area contributed by atoms with Gasteiger partial charge in [-0.15, -0.1) is 10.2 Å². The first-order chi connectivity index (χ1) is 14.8. The lowest BCUT2D eigenvalue weighted by atomic mass is 10.1. The Morgan fingerprint density at radius 3 is 2.52 bits per heavy atom. The van der Waals surface area contributed by atoms with Crippen molar-refractivity contribution in [2.24, 2.45) is 0 Å². The first kappa shape index (κ1) is 22.5. The van der Waals surface area contributed by atoms with Gasteiger partial charge in [-0.2, -0.15) is 0 Å². The zero-order valence-corrected chi connectivity index (χ0v) is 18.6. The van der Waals surface area contributed by atoms with Crippen LogP contribution in [0.25, 0.3) is 11.3 Å². The van der Waals surface area contributed by atoms with Gasteiger partial charge in [-0.25, -0.2) is 0 Å². The average Bonchev–Trinajstić information content (AvgIpc) is 2.71. The Kier molecular flexibility index (Phi) is 7.09. The lowest BCUT2D eigenvalue weighted by molar-refractivity contribution is -0.115. The number of carbonyl (C=O) groups is 2. The second-order valence-corrected chi connectivity index (χ2v) is 8.45. The highest BCUT2D eigenvalue weighted by molar-refractivity contribution is 8.00. The lowest BCUT2D eigenvalue weighted by Crippen LogP contribution is -2.24. The summed E-state index contributed by atoms with van der Waals surface area (Å²) in [6.45, 7) is 4.89. The molecule has 0 spiro atoms. The van der Waals surface area contributed by atoms with Crippen LogP contribution >= 0.6 is 23.4 Å². The minimum Gasteiger partial charge on any atom is -0.325 e. The predicted molar refractivity (Wildman–Crippen MR) is 123 cm³/mol. The third kappa shape index (κ3) is 5.50. The molecule has 0 radical (unpaired) electrons. The smallest absolute Gasteiger partial charge is 0.278 e. The van der Waals surface area contributed by atoms with Crippen molar-refractivity contribution in [3.8, 4) is 11.3 Å². The number of aryl methyl sites for hydroxylation is 1. The zero-order chi connectivity index (χ0) is 22.5. The molecule has 0 aliphatic rings. The van der Waals surface area contributed by atoms with Crippen molar-refractivity contribution in [1.82, 2.24) is 15.2 Å². The van der Waals surface area contributed by atoms with E-state index in [2.05, 4.69) is 25.8 Å². The van der Waals surface area contributed by atoms with Crippen LogP contribution in [0.2, 0.25) is 5.02 Å². The fourth-order valence-electron chi connectivity index (χ4n) is 2.78. The number of hydrogen-bond acceptors (Lipinski definition) is 6. The van der Waals surface area contributed by atoms with Crippen LogP contribution in [0, 0.1) is 6.92 Å². The van der Waals surface area contributed by atoms with Gasteiger partial charge in [0.05, 0.1) is 21.6 Å². The molecule has 160 valence electrons. The maximum Gasteiger partial charge on any atom is 0.278 e. The molecule has 2 amide bonds. The van der Waals surface area contributed by atoms with E-state index in [4.69, 9.17) is 11.6 Å². The number of carbonyl (C=O) groups excluding carboxylic acids is 2. The number of H-pyrrole nitrogens is 1. The van der Waals surface area contributed by atoms with Crippen LogP contribution in [-0.2, 0) is 9.59 Å². The monoisotopic (exact) mass is 457 g/mol. The first-order valence-corrected chi connectivity index (χ1v) is 10.6. The van der Waals surface area contributed by atoms with Crippen molar-refractivity contribution >= 4 is 46.6 Å². The van der Waals surface area contributed by atoms with Gasteiger partial charge in [-0.05, 0) is 31.5 Å². The van der Waals surface area contributed by atoms with Gasteiger partial charge < -0.3 is 10.6 Å². The van der Waals surface area contributed by atoms with Gasteiger partial charge in [0, 0.05) is 12.5 Å². The largest absolute Gasteiger partial charge is 0.325 e. The van der Waals surface area contributed by atoms with Crippen molar-refractivity contribution in [2.45, 2.75) is 31.2 Å². The second kappa shape index (κ2) is 9.76. The molecule has 0 saturated heterocycles. The average molecular weight is 458 g/mol. The van der Waals surface area contributed by atoms with Crippen molar-refractivity contribution in [3.05, 3.63) is 63.4 Å². The summed E-state index contributed by atoms with van der Waals surface area (Å²) in [5.74, 6) is -0.554. The Morgan fingerprint density at radius 2 is 1.84 bits per heavy atom. The molecule has 0 bridgehead atoms. The molecule has 3 aromatic rings. The van der Waals surface area contributed by atoms with E-state index in [-0.39, 0.29) is 22.7 Å². The highest BCUT2D eigenvalue weighted by atomic mass is 35.5. The number of halogens is 1. The molecule has 1 heterocycles. The molecule has 0 unspecified atom stereocenters. The number of rotatable bonds is 6. The maximum atomic E-state index is 12.7. The van der Waals surface area contributed by atoms with E-state index in [9.17, 15) is 14.4 Å². The van der Waals surface area contributed by atoms with Gasteiger partial charge in [-0.3, -0.25) is 19.4 Å². The third-order valence-corrected chi connectivity index (χ3v) is 5.60. The van der Waals surface area contributed by atoms with E-state index in [0.29, 0.717) is 22.0 Å². The predicted octanol–water partition coefficient (Wildman–Crippen LogP) is 3.87. The van der Waals surface area contributed by atoms with Crippen molar-refractivity contribution < 1.29 is 9.59 Å². The van der Waals surface area contributed by atoms with Gasteiger partial charge in [0.15, 0.2) is 10.9 Å². The zero-order valence-electron chi connectivity index (χ0n) is 17.0. The lowest BCUT2D eigenvalue weighted by Gasteiger charge is -2.13. The molecule has 0 aliphatic heterocycles. The minimum atomic E-state index is -0.569. The van der Waals surface area contributed by atoms with Crippen LogP contribution in [0.5, 0.6) is 0 Å². The number of para-hydroxylation sites is 2. The summed E-state index contributed by atoms with van der Waals surface area (Å²) in [7, 11) is 0. The number of nitrogens with zero attached hydrogens (tertiary/aromatic N) is 2. The van der Waals surface area contributed by atoms with Gasteiger partial charge in [0.1, 0.15) is 0 Å². The van der Waals surface area contributed by atoms with E-state index in [1.165, 1.54) is 6.92 Å². The summed E-state index contributed by atoms with van der Waals surface area (Å²) >= 11 is 7.13. The van der Waals surface area contributed by atoms with Crippen LogP contribution in [-0.4, -0.2) is 32.2 Å². The van der Waals surface area contributed by atoms with Crippen molar-refractivity contribution in [3.63, 3.8) is 0 Å². The molecule has 1 atom stereocenters. The fraction of sp³-hybridized carbons (Fsp3) is 0.190. The molecular weight excluding hydrogens is 438 g/mol. The Labute approximate surface area is 187 Å². The standard InChI is InChI=1S/C21H20ClN5O3S/c1-11-7-6-8-14(17(11)23-13(3)28)18-20(30)25-21(27-26-18)31-12(2)19(29)24-16-10-5-4-9-15(16)22/h4-10,12H,1-3H3,(H,23,28)(H,24,29)(H,25,27,30)/t12-/m0/s1. The highest BCUT2D eigenvalue weighted by Crippen LogP contribution is 2.28. The summed E-state index contributed by atoms with van der Waals surface area (Å²) in [6.07, 6.45) is 0. The molecule has 0 saturated carbocycles. The van der Waals surface area contributed by atoms with Gasteiger partial charge in [-0.1, -0.05) is 53.7 Å². The number of aromatic nitrogens is 3. The molecule has 2 aromatic carbocycles. The number of anilines is 2. The normalized spacial score (nSPS) is 11.6. The Bertz CT molecular complexity index is 1200. The number of benzene rings is 2. The van der Waals surface area contributed by atoms with E-state index in [1.807, 2.05) is 13.0 Å². The molecule has 0 aliphatic carbocycles. The summed E-state index contributed by atoms with van der Waals surface area (Å²) in [4.78, 5) is 39.3. The quantitative estimate of drug-likeness (QED) is 0.484. The maximum absolute atomic E-state index is 12.7. The van der Waals surface area contributed by atoms with E-state index in [1.54, 1.807) is 43.3 Å². The van der Waals surface area contributed by atoms with Crippen LogP contribution in [0.4, 0.5) is 11.4 Å². The summed E-state index contributed by atoms with van der Waals surface area (Å²) in [5, 5.41) is 13.6. The highest BCUT2D eigenvalue weighted by Gasteiger charge is 2.19. The van der Waals surface area contributed by atoms with Crippen LogP contribution < -0.4 is 16.2 Å².